The van der Waals surface area contributed by atoms with E-state index >= 15 is 0 Å². The zero-order chi connectivity index (χ0) is 52.0. The van der Waals surface area contributed by atoms with Gasteiger partial charge in [-0.2, -0.15) is 0 Å². The topological polar surface area (TPSA) is 263 Å². The van der Waals surface area contributed by atoms with E-state index in [0.717, 1.165) is 24.3 Å². The van der Waals surface area contributed by atoms with E-state index < -0.39 is 66.3 Å². The van der Waals surface area contributed by atoms with E-state index in [1.54, 1.807) is 30.3 Å². The van der Waals surface area contributed by atoms with Crippen molar-refractivity contribution in [2.24, 2.45) is 0 Å². The van der Waals surface area contributed by atoms with Crippen LogP contribution >= 0.6 is 0 Å². The number of rotatable bonds is 25. The molecule has 0 atom stereocenters. The summed E-state index contributed by atoms with van der Waals surface area (Å²) in [7, 11) is 0. The second-order valence-corrected chi connectivity index (χ2v) is 14.5. The SMILES string of the molecule is C=CC(=O)OCCOC(=O)CCC(=O)Oc1ccc2cc(C(=O)Oc3ccc(OC(=O)c4ccc5cc(OC(=O)CCC(=O)OCCOC(=O)C=C)ccc5c4)c(C(=O)OCCOC(=O)C=C)c3)ccc2c1. The Hall–Kier alpha value is -9.46. The lowest BCUT2D eigenvalue weighted by molar-refractivity contribution is -0.151. The van der Waals surface area contributed by atoms with Gasteiger partial charge in [-0.15, -0.1) is 0 Å². The summed E-state index contributed by atoms with van der Waals surface area (Å²) >= 11 is 0. The van der Waals surface area contributed by atoms with E-state index in [2.05, 4.69) is 19.7 Å². The molecule has 0 bridgehead atoms. The Morgan fingerprint density at radius 3 is 1.17 bits per heavy atom. The number of ether oxygens (including phenoxy) is 10. The van der Waals surface area contributed by atoms with Crippen molar-refractivity contribution < 1.29 is 95.3 Å². The summed E-state index contributed by atoms with van der Waals surface area (Å²) in [5, 5.41) is 2.24. The van der Waals surface area contributed by atoms with Gasteiger partial charge in [0, 0.05) is 18.2 Å². The molecular weight excluding hydrogens is 945 g/mol. The van der Waals surface area contributed by atoms with E-state index in [1.165, 1.54) is 54.6 Å². The lowest BCUT2D eigenvalue weighted by atomic mass is 10.1. The van der Waals surface area contributed by atoms with Crippen LogP contribution in [0.15, 0.2) is 129 Å². The molecule has 372 valence electrons. The first-order chi connectivity index (χ1) is 34.6. The maximum atomic E-state index is 13.5. The molecule has 0 unspecified atom stereocenters. The monoisotopic (exact) mass is 988 g/mol. The van der Waals surface area contributed by atoms with Crippen molar-refractivity contribution in [3.05, 3.63) is 146 Å². The van der Waals surface area contributed by atoms with E-state index in [-0.39, 0.29) is 98.4 Å². The molecule has 0 saturated carbocycles. The molecule has 0 aromatic heterocycles. The zero-order valence-electron chi connectivity index (χ0n) is 38.2. The third-order valence-electron chi connectivity index (χ3n) is 9.45. The van der Waals surface area contributed by atoms with E-state index in [9.17, 15) is 47.9 Å². The first-order valence-corrected chi connectivity index (χ1v) is 21.6. The Morgan fingerprint density at radius 1 is 0.347 bits per heavy atom. The van der Waals surface area contributed by atoms with Gasteiger partial charge in [-0.25, -0.2) is 28.8 Å². The first kappa shape index (κ1) is 53.5. The molecule has 20 nitrogen and oxygen atoms in total. The molecule has 0 amide bonds. The summed E-state index contributed by atoms with van der Waals surface area (Å²) in [4.78, 5) is 123. The van der Waals surface area contributed by atoms with Gasteiger partial charge in [-0.3, -0.25) is 19.2 Å². The number of hydrogen-bond acceptors (Lipinski definition) is 20. The van der Waals surface area contributed by atoms with Crippen molar-refractivity contribution in [2.75, 3.05) is 39.6 Å². The third kappa shape index (κ3) is 16.9. The first-order valence-electron chi connectivity index (χ1n) is 21.6. The maximum absolute atomic E-state index is 13.5. The van der Waals surface area contributed by atoms with Gasteiger partial charge < -0.3 is 47.4 Å². The number of carbonyl (C=O) groups is 10. The van der Waals surface area contributed by atoms with Crippen LogP contribution in [0.1, 0.15) is 56.8 Å². The highest BCUT2D eigenvalue weighted by Gasteiger charge is 2.22. The van der Waals surface area contributed by atoms with Gasteiger partial charge in [-0.05, 0) is 88.3 Å². The molecule has 0 aliphatic carbocycles. The number of hydrogen-bond donors (Lipinski definition) is 0. The normalized spacial score (nSPS) is 10.4. The van der Waals surface area contributed by atoms with Crippen molar-refractivity contribution in [2.45, 2.75) is 25.7 Å². The molecule has 0 radical (unpaired) electrons. The second kappa shape index (κ2) is 26.9. The summed E-state index contributed by atoms with van der Waals surface area (Å²) in [6, 6.07) is 21.8. The largest absolute Gasteiger partial charge is 0.462 e. The smallest absolute Gasteiger partial charge is 0.343 e. The molecule has 0 fully saturated rings. The van der Waals surface area contributed by atoms with Crippen LogP contribution in [-0.2, 0) is 62.0 Å². The Bertz CT molecular complexity index is 2930. The van der Waals surface area contributed by atoms with Crippen LogP contribution < -0.4 is 18.9 Å². The number of carbonyl (C=O) groups excluding carboxylic acids is 10. The third-order valence-corrected chi connectivity index (χ3v) is 9.45. The Labute approximate surface area is 409 Å². The van der Waals surface area contributed by atoms with Gasteiger partial charge in [0.1, 0.15) is 68.2 Å². The maximum Gasteiger partial charge on any atom is 0.343 e. The van der Waals surface area contributed by atoms with Crippen LogP contribution in [0, 0.1) is 0 Å². The standard InChI is InChI=1S/C52H44O20/c1-4-43(53)63-21-23-66-46(56)17-19-48(58)69-38-13-11-32-27-36(9-7-34(32)29-38)50(60)71-40-15-16-42(41(31-40)52(62)68-26-25-65-45(55)6-3)72-51(61)37-10-8-35-30-39(14-12-33(35)28-37)70-49(59)20-18-47(57)67-24-22-64-44(54)5-2/h4-16,27-31H,1-3,17-26H2. The number of benzene rings is 5. The highest BCUT2D eigenvalue weighted by molar-refractivity contribution is 6.00. The molecule has 0 heterocycles. The Morgan fingerprint density at radius 2 is 0.708 bits per heavy atom. The summed E-state index contributed by atoms with van der Waals surface area (Å²) < 4.78 is 51.3. The van der Waals surface area contributed by atoms with Crippen LogP contribution in [0.2, 0.25) is 0 Å². The Balaban J connectivity index is 1.21. The lowest BCUT2D eigenvalue weighted by Gasteiger charge is -2.13. The van der Waals surface area contributed by atoms with Gasteiger partial charge in [0.2, 0.25) is 0 Å². The van der Waals surface area contributed by atoms with Crippen LogP contribution in [0.3, 0.4) is 0 Å². The summed E-state index contributed by atoms with van der Waals surface area (Å²) in [6.07, 6.45) is 1.72. The molecule has 5 rings (SSSR count). The molecule has 72 heavy (non-hydrogen) atoms. The summed E-state index contributed by atoms with van der Waals surface area (Å²) in [5.74, 6) is -7.76. The lowest BCUT2D eigenvalue weighted by Crippen LogP contribution is -2.16. The minimum Gasteiger partial charge on any atom is -0.462 e. The molecule has 5 aromatic rings. The van der Waals surface area contributed by atoms with Crippen molar-refractivity contribution in [3.8, 4) is 23.0 Å². The predicted molar refractivity (Wildman–Crippen MR) is 250 cm³/mol. The molecule has 5 aromatic carbocycles. The average molecular weight is 989 g/mol. The number of fused-ring (bicyclic) bond motifs is 2. The minimum atomic E-state index is -1.03. The summed E-state index contributed by atoms with van der Waals surface area (Å²) in [6.45, 7) is 8.36. The molecule has 0 saturated heterocycles. The summed E-state index contributed by atoms with van der Waals surface area (Å²) in [5.41, 5.74) is -0.184. The highest BCUT2D eigenvalue weighted by Crippen LogP contribution is 2.29. The molecular formula is C52H44O20. The molecule has 20 heteroatoms. The van der Waals surface area contributed by atoms with E-state index in [1.807, 2.05) is 0 Å². The fourth-order valence-corrected chi connectivity index (χ4v) is 6.02. The van der Waals surface area contributed by atoms with Crippen LogP contribution in [0.5, 0.6) is 23.0 Å². The van der Waals surface area contributed by atoms with Crippen LogP contribution in [0.4, 0.5) is 0 Å². The van der Waals surface area contributed by atoms with Crippen molar-refractivity contribution in [1.29, 1.82) is 0 Å². The molecule has 0 N–H and O–H groups in total. The predicted octanol–water partition coefficient (Wildman–Crippen LogP) is 6.23. The van der Waals surface area contributed by atoms with Crippen LogP contribution in [0.25, 0.3) is 21.5 Å². The average Bonchev–Trinajstić information content (AvgIpc) is 3.38. The molecule has 0 spiro atoms. The van der Waals surface area contributed by atoms with Gasteiger partial charge in [0.15, 0.2) is 0 Å². The minimum absolute atomic E-state index is 0.0540. The molecule has 0 aliphatic rings. The van der Waals surface area contributed by atoms with Gasteiger partial charge in [-0.1, -0.05) is 44.0 Å². The fourth-order valence-electron chi connectivity index (χ4n) is 6.02. The van der Waals surface area contributed by atoms with Gasteiger partial charge >= 0.3 is 59.7 Å². The molecule has 0 aliphatic heterocycles. The van der Waals surface area contributed by atoms with E-state index in [4.69, 9.17) is 47.4 Å². The van der Waals surface area contributed by atoms with Gasteiger partial charge in [0.25, 0.3) is 0 Å². The zero-order valence-corrected chi connectivity index (χ0v) is 38.2. The van der Waals surface area contributed by atoms with Crippen molar-refractivity contribution in [3.63, 3.8) is 0 Å². The van der Waals surface area contributed by atoms with Crippen LogP contribution in [-0.4, -0.2) is 99.3 Å². The Kier molecular flexibility index (Phi) is 20.0. The fraction of sp³-hybridized carbons (Fsp3) is 0.192. The van der Waals surface area contributed by atoms with Crippen molar-refractivity contribution >= 4 is 81.2 Å². The van der Waals surface area contributed by atoms with Crippen molar-refractivity contribution in [1.82, 2.24) is 0 Å². The van der Waals surface area contributed by atoms with Gasteiger partial charge in [0.05, 0.1) is 36.8 Å². The number of esters is 10. The second-order valence-electron chi connectivity index (χ2n) is 14.5. The van der Waals surface area contributed by atoms with E-state index in [0.29, 0.717) is 21.5 Å². The quantitative estimate of drug-likeness (QED) is 0.0206. The highest BCUT2D eigenvalue weighted by atomic mass is 16.6.